The smallest absolute Gasteiger partial charge is 0.297 e. The zero-order chi connectivity index (χ0) is 12.2. The molecule has 1 radical (unpaired) electrons. The van der Waals surface area contributed by atoms with Gasteiger partial charge in [-0.25, -0.2) is 5.11 Å². The monoisotopic (exact) mass is 245 g/mol. The lowest BCUT2D eigenvalue weighted by Crippen LogP contribution is -2.25. The Kier molecular flexibility index (Phi) is 4.43. The second-order valence-electron chi connectivity index (χ2n) is 3.33. The number of aliphatic hydroxyl groups is 1. The zero-order valence-electron chi connectivity index (χ0n) is 8.79. The first kappa shape index (κ1) is 13.1. The van der Waals surface area contributed by atoms with Gasteiger partial charge in [-0.05, 0) is 19.1 Å². The van der Waals surface area contributed by atoms with Gasteiger partial charge in [0.1, 0.15) is 12.7 Å². The number of aryl methyl sites for hydroxylation is 1. The second-order valence-corrected chi connectivity index (χ2v) is 4.91. The third-order valence-electron chi connectivity index (χ3n) is 1.96. The molecule has 6 heteroatoms. The van der Waals surface area contributed by atoms with Crippen LogP contribution in [0.25, 0.3) is 0 Å². The summed E-state index contributed by atoms with van der Waals surface area (Å²) < 4.78 is 27.8. The fourth-order valence-electron chi connectivity index (χ4n) is 1.05. The van der Waals surface area contributed by atoms with Crippen molar-refractivity contribution in [2.24, 2.45) is 0 Å². The van der Waals surface area contributed by atoms with Crippen molar-refractivity contribution in [3.05, 3.63) is 29.8 Å². The van der Waals surface area contributed by atoms with Crippen LogP contribution in [0.5, 0.6) is 0 Å². The molecule has 0 aromatic heterocycles. The Balaban J connectivity index is 2.89. The van der Waals surface area contributed by atoms with Crippen molar-refractivity contribution in [3.8, 4) is 0 Å². The first-order chi connectivity index (χ1) is 7.49. The van der Waals surface area contributed by atoms with E-state index in [9.17, 15) is 13.5 Å². The highest BCUT2D eigenvalue weighted by molar-refractivity contribution is 7.86. The summed E-state index contributed by atoms with van der Waals surface area (Å²) in [5, 5.41) is 19.2. The molecule has 16 heavy (non-hydrogen) atoms. The fraction of sp³-hybridized carbons (Fsp3) is 0.400. The van der Waals surface area contributed by atoms with Crippen molar-refractivity contribution in [1.82, 2.24) is 0 Å². The van der Waals surface area contributed by atoms with E-state index in [-0.39, 0.29) is 4.90 Å². The maximum Gasteiger partial charge on any atom is 0.297 e. The Morgan fingerprint density at radius 1 is 1.31 bits per heavy atom. The normalized spacial score (nSPS) is 12.0. The van der Waals surface area contributed by atoms with Crippen LogP contribution in [0.1, 0.15) is 5.56 Å². The van der Waals surface area contributed by atoms with Crippen LogP contribution >= 0.6 is 0 Å². The van der Waals surface area contributed by atoms with Crippen LogP contribution in [0.4, 0.5) is 0 Å². The molecule has 89 valence electrons. The molecular weight excluding hydrogens is 232 g/mol. The average molecular weight is 245 g/mol. The van der Waals surface area contributed by atoms with E-state index in [0.717, 1.165) is 5.56 Å². The Bertz CT molecular complexity index is 419. The third kappa shape index (κ3) is 3.28. The molecule has 5 nitrogen and oxygen atoms in total. The SMILES string of the molecule is Cc1ccc(S(=O)(=O)OC(C[O])CO)cc1. The summed E-state index contributed by atoms with van der Waals surface area (Å²) >= 11 is 0. The van der Waals surface area contributed by atoms with E-state index in [1.807, 2.05) is 6.92 Å². The first-order valence-corrected chi connectivity index (χ1v) is 6.09. The molecular formula is C10H13O5S. The van der Waals surface area contributed by atoms with E-state index in [1.165, 1.54) is 12.1 Å². The molecule has 0 heterocycles. The second kappa shape index (κ2) is 5.40. The molecule has 1 rings (SSSR count). The van der Waals surface area contributed by atoms with E-state index in [0.29, 0.717) is 0 Å². The highest BCUT2D eigenvalue weighted by Gasteiger charge is 2.20. The summed E-state index contributed by atoms with van der Waals surface area (Å²) in [6.07, 6.45) is -1.23. The maximum absolute atomic E-state index is 11.6. The lowest BCUT2D eigenvalue weighted by atomic mass is 10.2. The van der Waals surface area contributed by atoms with Crippen LogP contribution in [0.3, 0.4) is 0 Å². The lowest BCUT2D eigenvalue weighted by molar-refractivity contribution is 0.0373. The number of benzene rings is 1. The van der Waals surface area contributed by atoms with Gasteiger partial charge in [-0.15, -0.1) is 0 Å². The molecule has 1 unspecified atom stereocenters. The summed E-state index contributed by atoms with van der Waals surface area (Å²) in [7, 11) is -3.96. The predicted octanol–water partition coefficient (Wildman–Crippen LogP) is 0.492. The number of hydrogen-bond acceptors (Lipinski definition) is 4. The quantitative estimate of drug-likeness (QED) is 0.765. The lowest BCUT2D eigenvalue weighted by Gasteiger charge is -2.11. The van der Waals surface area contributed by atoms with Crippen molar-refractivity contribution in [1.29, 1.82) is 0 Å². The Morgan fingerprint density at radius 3 is 2.31 bits per heavy atom. The highest BCUT2D eigenvalue weighted by Crippen LogP contribution is 2.14. The minimum atomic E-state index is -3.96. The molecule has 1 aromatic carbocycles. The van der Waals surface area contributed by atoms with E-state index in [2.05, 4.69) is 4.18 Å². The average Bonchev–Trinajstić information content (AvgIpc) is 2.26. The third-order valence-corrected chi connectivity index (χ3v) is 3.34. The number of rotatable bonds is 5. The fourth-order valence-corrected chi connectivity index (χ4v) is 2.11. The van der Waals surface area contributed by atoms with Gasteiger partial charge in [0.05, 0.1) is 11.5 Å². The highest BCUT2D eigenvalue weighted by atomic mass is 32.2. The van der Waals surface area contributed by atoms with Crippen molar-refractivity contribution in [3.63, 3.8) is 0 Å². The minimum absolute atomic E-state index is 0.0231. The van der Waals surface area contributed by atoms with Crippen LogP contribution in [-0.2, 0) is 19.4 Å². The zero-order valence-corrected chi connectivity index (χ0v) is 9.61. The summed E-state index contributed by atoms with van der Waals surface area (Å²) in [6.45, 7) is 0.404. The van der Waals surface area contributed by atoms with Gasteiger partial charge in [-0.1, -0.05) is 17.7 Å². The van der Waals surface area contributed by atoms with E-state index < -0.39 is 29.4 Å². The molecule has 1 aromatic rings. The topological polar surface area (TPSA) is 83.5 Å². The summed E-state index contributed by atoms with van der Waals surface area (Å²) in [5.41, 5.74) is 0.918. The molecule has 0 amide bonds. The summed E-state index contributed by atoms with van der Waals surface area (Å²) in [5.74, 6) is 0. The predicted molar refractivity (Wildman–Crippen MR) is 55.9 cm³/mol. The summed E-state index contributed by atoms with van der Waals surface area (Å²) in [6, 6.07) is 6.04. The molecule has 1 atom stereocenters. The first-order valence-electron chi connectivity index (χ1n) is 4.68. The molecule has 1 N–H and O–H groups in total. The molecule has 0 saturated carbocycles. The maximum atomic E-state index is 11.6. The van der Waals surface area contributed by atoms with Crippen LogP contribution in [-0.4, -0.2) is 32.8 Å². The van der Waals surface area contributed by atoms with Crippen LogP contribution < -0.4 is 0 Å². The molecule has 0 saturated heterocycles. The van der Waals surface area contributed by atoms with E-state index >= 15 is 0 Å². The van der Waals surface area contributed by atoms with Gasteiger partial charge in [0.15, 0.2) is 0 Å². The van der Waals surface area contributed by atoms with Crippen LogP contribution in [0, 0.1) is 6.92 Å². The summed E-state index contributed by atoms with van der Waals surface area (Å²) in [4.78, 5) is -0.0231. The molecule has 0 bridgehead atoms. The van der Waals surface area contributed by atoms with Crippen molar-refractivity contribution < 1.29 is 22.8 Å². The number of hydrogen-bond donors (Lipinski definition) is 1. The molecule has 0 fully saturated rings. The van der Waals surface area contributed by atoms with Gasteiger partial charge >= 0.3 is 0 Å². The molecule has 0 aliphatic rings. The van der Waals surface area contributed by atoms with Gasteiger partial charge in [-0.2, -0.15) is 8.42 Å². The number of aliphatic hydroxyl groups excluding tert-OH is 1. The van der Waals surface area contributed by atoms with Crippen LogP contribution in [0.15, 0.2) is 29.2 Å². The van der Waals surface area contributed by atoms with Crippen molar-refractivity contribution in [2.45, 2.75) is 17.9 Å². The van der Waals surface area contributed by atoms with E-state index in [1.54, 1.807) is 12.1 Å². The largest absolute Gasteiger partial charge is 0.394 e. The van der Waals surface area contributed by atoms with Gasteiger partial charge in [0.2, 0.25) is 0 Å². The molecule has 0 spiro atoms. The van der Waals surface area contributed by atoms with Gasteiger partial charge in [0, 0.05) is 0 Å². The molecule has 0 aliphatic heterocycles. The van der Waals surface area contributed by atoms with Crippen LogP contribution in [0.2, 0.25) is 0 Å². The Hall–Kier alpha value is -0.950. The van der Waals surface area contributed by atoms with Gasteiger partial charge in [-0.3, -0.25) is 4.18 Å². The van der Waals surface area contributed by atoms with Crippen molar-refractivity contribution >= 4 is 10.1 Å². The van der Waals surface area contributed by atoms with Gasteiger partial charge < -0.3 is 5.11 Å². The molecule has 0 aliphatic carbocycles. The Morgan fingerprint density at radius 2 is 1.88 bits per heavy atom. The van der Waals surface area contributed by atoms with E-state index in [4.69, 9.17) is 5.11 Å². The standard InChI is InChI=1S/C10H13O5S/c1-8-2-4-10(5-3-8)16(13,14)15-9(6-11)7-12/h2-5,9,11H,6-7H2,1H3. The van der Waals surface area contributed by atoms with Gasteiger partial charge in [0.25, 0.3) is 10.1 Å². The minimum Gasteiger partial charge on any atom is -0.394 e. The van der Waals surface area contributed by atoms with Crippen molar-refractivity contribution in [2.75, 3.05) is 13.2 Å². The Labute approximate surface area is 94.4 Å².